The van der Waals surface area contributed by atoms with Crippen molar-refractivity contribution in [2.75, 3.05) is 32.1 Å². The van der Waals surface area contributed by atoms with E-state index in [4.69, 9.17) is 4.74 Å². The van der Waals surface area contributed by atoms with Gasteiger partial charge in [0.15, 0.2) is 5.96 Å². The van der Waals surface area contributed by atoms with Crippen LogP contribution in [-0.2, 0) is 6.54 Å². The van der Waals surface area contributed by atoms with Crippen molar-refractivity contribution in [3.8, 4) is 11.6 Å². The van der Waals surface area contributed by atoms with Crippen LogP contribution >= 0.6 is 24.0 Å². The van der Waals surface area contributed by atoms with Gasteiger partial charge in [-0.1, -0.05) is 18.2 Å². The molecule has 1 aliphatic rings. The molecule has 3 rings (SSSR count). The molecule has 1 fully saturated rings. The van der Waals surface area contributed by atoms with Crippen LogP contribution in [0.25, 0.3) is 0 Å². The molecule has 0 amide bonds. The van der Waals surface area contributed by atoms with E-state index in [1.807, 2.05) is 23.1 Å². The number of halogens is 3. The van der Waals surface area contributed by atoms with E-state index in [1.165, 1.54) is 0 Å². The lowest BCUT2D eigenvalue weighted by Crippen LogP contribution is -2.44. The summed E-state index contributed by atoms with van der Waals surface area (Å²) in [5.74, 6) is 1.40. The summed E-state index contributed by atoms with van der Waals surface area (Å²) in [6, 6.07) is 12.6. The van der Waals surface area contributed by atoms with Gasteiger partial charge in [0.25, 0.3) is 0 Å². The molecule has 1 atom stereocenters. The molecule has 2 heterocycles. The number of aromatic nitrogens is 1. The highest BCUT2D eigenvalue weighted by Crippen LogP contribution is 2.31. The van der Waals surface area contributed by atoms with Gasteiger partial charge < -0.3 is 25.0 Å². The van der Waals surface area contributed by atoms with Crippen LogP contribution in [0.1, 0.15) is 12.1 Å². The number of nitrogens with one attached hydrogen (secondary N) is 2. The topological polar surface area (TPSA) is 71.0 Å². The lowest BCUT2D eigenvalue weighted by Gasteiger charge is -2.22. The molecule has 1 aromatic carbocycles. The quantitative estimate of drug-likeness (QED) is 0.324. The Bertz CT molecular complexity index is 840. The van der Waals surface area contributed by atoms with Gasteiger partial charge in [0.2, 0.25) is 5.88 Å². The number of rotatable bonds is 7. The third kappa shape index (κ3) is 6.57. The third-order valence-electron chi connectivity index (χ3n) is 4.60. The second-order valence-electron chi connectivity index (χ2n) is 6.52. The molecule has 0 radical (unpaired) electrons. The molecule has 30 heavy (non-hydrogen) atoms. The zero-order valence-electron chi connectivity index (χ0n) is 16.8. The predicted molar refractivity (Wildman–Crippen MR) is 123 cm³/mol. The number of para-hydroxylation sites is 2. The van der Waals surface area contributed by atoms with Crippen LogP contribution in [0.2, 0.25) is 0 Å². The highest BCUT2D eigenvalue weighted by atomic mass is 127. The molecule has 0 bridgehead atoms. The van der Waals surface area contributed by atoms with Crippen LogP contribution in [0, 0.1) is 0 Å². The molecule has 1 aliphatic heterocycles. The normalized spacial score (nSPS) is 16.2. The SMILES string of the molecule is CN=C(NCc1cccc(OC)n1)NC1CCN(c2ccccc2OC(F)F)C1.I. The molecule has 7 nitrogen and oxygen atoms in total. The number of ether oxygens (including phenoxy) is 2. The van der Waals surface area contributed by atoms with E-state index in [1.54, 1.807) is 38.4 Å². The number of aliphatic imine (C=N–C) groups is 1. The van der Waals surface area contributed by atoms with Crippen molar-refractivity contribution < 1.29 is 18.3 Å². The van der Waals surface area contributed by atoms with E-state index in [0.717, 1.165) is 18.7 Å². The molecule has 0 saturated carbocycles. The zero-order chi connectivity index (χ0) is 20.6. The van der Waals surface area contributed by atoms with Crippen LogP contribution < -0.4 is 25.0 Å². The van der Waals surface area contributed by atoms with Crippen LogP contribution in [0.15, 0.2) is 47.5 Å². The lowest BCUT2D eigenvalue weighted by atomic mass is 10.2. The largest absolute Gasteiger partial charge is 0.481 e. The fourth-order valence-electron chi connectivity index (χ4n) is 3.24. The monoisotopic (exact) mass is 533 g/mol. The van der Waals surface area contributed by atoms with Gasteiger partial charge in [0.1, 0.15) is 5.75 Å². The molecule has 0 spiro atoms. The smallest absolute Gasteiger partial charge is 0.387 e. The number of hydrogen-bond donors (Lipinski definition) is 2. The average molecular weight is 533 g/mol. The van der Waals surface area contributed by atoms with Crippen molar-refractivity contribution in [1.29, 1.82) is 0 Å². The third-order valence-corrected chi connectivity index (χ3v) is 4.60. The maximum Gasteiger partial charge on any atom is 0.387 e. The molecule has 2 aromatic rings. The van der Waals surface area contributed by atoms with Crippen molar-refractivity contribution in [2.45, 2.75) is 25.6 Å². The van der Waals surface area contributed by atoms with Gasteiger partial charge in [-0.25, -0.2) is 4.98 Å². The van der Waals surface area contributed by atoms with E-state index in [-0.39, 0.29) is 35.8 Å². The number of guanidine groups is 1. The number of benzene rings is 1. The number of pyridine rings is 1. The Kier molecular flexibility index (Phi) is 9.34. The van der Waals surface area contributed by atoms with Crippen LogP contribution in [0.4, 0.5) is 14.5 Å². The van der Waals surface area contributed by atoms with E-state index in [0.29, 0.717) is 30.6 Å². The molecular weight excluding hydrogens is 507 g/mol. The Hall–Kier alpha value is -2.37. The van der Waals surface area contributed by atoms with Gasteiger partial charge in [-0.2, -0.15) is 8.78 Å². The zero-order valence-corrected chi connectivity index (χ0v) is 19.2. The first-order valence-electron chi connectivity index (χ1n) is 9.35. The number of methoxy groups -OCH3 is 1. The van der Waals surface area contributed by atoms with Crippen LogP contribution in [0.5, 0.6) is 11.6 Å². The summed E-state index contributed by atoms with van der Waals surface area (Å²) in [5, 5.41) is 6.61. The van der Waals surface area contributed by atoms with Gasteiger partial charge >= 0.3 is 6.61 Å². The lowest BCUT2D eigenvalue weighted by molar-refractivity contribution is -0.0495. The Morgan fingerprint density at radius 1 is 1.27 bits per heavy atom. The second-order valence-corrected chi connectivity index (χ2v) is 6.52. The molecule has 1 unspecified atom stereocenters. The van der Waals surface area contributed by atoms with Crippen molar-refractivity contribution in [1.82, 2.24) is 15.6 Å². The second kappa shape index (κ2) is 11.7. The summed E-state index contributed by atoms with van der Waals surface area (Å²) in [6.45, 7) is -0.962. The van der Waals surface area contributed by atoms with E-state index in [9.17, 15) is 8.78 Å². The summed E-state index contributed by atoms with van der Waals surface area (Å²) in [6.07, 6.45) is 0.848. The van der Waals surface area contributed by atoms with E-state index in [2.05, 4.69) is 25.3 Å². The molecule has 1 saturated heterocycles. The fourth-order valence-corrected chi connectivity index (χ4v) is 3.24. The highest BCUT2D eigenvalue weighted by molar-refractivity contribution is 14.0. The molecule has 1 aromatic heterocycles. The summed E-state index contributed by atoms with van der Waals surface area (Å²) >= 11 is 0. The standard InChI is InChI=1S/C20H25F2N5O2.HI/c1-23-20(24-12-14-6-5-9-18(25-14)28-2)26-15-10-11-27(13-15)16-7-3-4-8-17(16)29-19(21)22;/h3-9,15,19H,10-13H2,1-2H3,(H2,23,24,26);1H. The Morgan fingerprint density at radius 2 is 2.07 bits per heavy atom. The van der Waals surface area contributed by atoms with Gasteiger partial charge in [-0.3, -0.25) is 4.99 Å². The van der Waals surface area contributed by atoms with Crippen molar-refractivity contribution in [3.05, 3.63) is 48.2 Å². The fraction of sp³-hybridized carbons (Fsp3) is 0.400. The maximum absolute atomic E-state index is 12.7. The molecule has 0 aliphatic carbocycles. The Morgan fingerprint density at radius 3 is 2.80 bits per heavy atom. The Balaban J connectivity index is 0.00000320. The predicted octanol–water partition coefficient (Wildman–Crippen LogP) is 3.25. The first-order valence-corrected chi connectivity index (χ1v) is 9.35. The number of anilines is 1. The first kappa shape index (κ1) is 23.9. The summed E-state index contributed by atoms with van der Waals surface area (Å²) < 4.78 is 35.1. The van der Waals surface area contributed by atoms with Gasteiger partial charge in [-0.05, 0) is 24.6 Å². The Labute approximate surface area is 191 Å². The molecule has 2 N–H and O–H groups in total. The minimum Gasteiger partial charge on any atom is -0.481 e. The van der Waals surface area contributed by atoms with Crippen LogP contribution in [0.3, 0.4) is 0 Å². The van der Waals surface area contributed by atoms with Crippen LogP contribution in [-0.4, -0.2) is 50.8 Å². The highest BCUT2D eigenvalue weighted by Gasteiger charge is 2.26. The van der Waals surface area contributed by atoms with Crippen molar-refractivity contribution >= 4 is 35.6 Å². The number of nitrogens with zero attached hydrogens (tertiary/aromatic N) is 3. The van der Waals surface area contributed by atoms with Gasteiger partial charge in [-0.15, -0.1) is 24.0 Å². The summed E-state index contributed by atoms with van der Waals surface area (Å²) in [4.78, 5) is 10.7. The molecule has 164 valence electrons. The van der Waals surface area contributed by atoms with Gasteiger partial charge in [0.05, 0.1) is 25.0 Å². The summed E-state index contributed by atoms with van der Waals surface area (Å²) in [5.41, 5.74) is 1.50. The van der Waals surface area contributed by atoms with E-state index < -0.39 is 6.61 Å². The number of alkyl halides is 2. The van der Waals surface area contributed by atoms with Gasteiger partial charge in [0, 0.05) is 32.2 Å². The minimum atomic E-state index is -2.85. The van der Waals surface area contributed by atoms with Crippen molar-refractivity contribution in [2.24, 2.45) is 4.99 Å². The maximum atomic E-state index is 12.7. The first-order chi connectivity index (χ1) is 14.1. The summed E-state index contributed by atoms with van der Waals surface area (Å²) in [7, 11) is 3.28. The average Bonchev–Trinajstić information content (AvgIpc) is 3.19. The molecular formula is C20H26F2IN5O2. The minimum absolute atomic E-state index is 0. The van der Waals surface area contributed by atoms with E-state index >= 15 is 0 Å². The van der Waals surface area contributed by atoms with Crippen molar-refractivity contribution in [3.63, 3.8) is 0 Å². The number of hydrogen-bond acceptors (Lipinski definition) is 5. The molecule has 10 heteroatoms.